The number of carbonyl (C=O) groups excluding carboxylic acids is 1. The highest BCUT2D eigenvalue weighted by Gasteiger charge is 2.29. The summed E-state index contributed by atoms with van der Waals surface area (Å²) in [6, 6.07) is 9.35. The van der Waals surface area contributed by atoms with Crippen LogP contribution in [0.3, 0.4) is 0 Å². The fourth-order valence-corrected chi connectivity index (χ4v) is 4.16. The highest BCUT2D eigenvalue weighted by molar-refractivity contribution is 7.80. The monoisotopic (exact) mass is 473 g/mol. The lowest BCUT2D eigenvalue weighted by molar-refractivity contribution is -0.121. The zero-order chi connectivity index (χ0) is 23.7. The summed E-state index contributed by atoms with van der Waals surface area (Å²) < 4.78 is 41.7. The van der Waals surface area contributed by atoms with Crippen LogP contribution in [-0.2, 0) is 22.3 Å². The lowest BCUT2D eigenvalue weighted by Gasteiger charge is -2.16. The average Bonchev–Trinajstić information content (AvgIpc) is 3.17. The third-order valence-corrected chi connectivity index (χ3v) is 5.80. The molecule has 0 aliphatic rings. The predicted octanol–water partition coefficient (Wildman–Crippen LogP) is 1.87. The molecule has 0 bridgehead atoms. The largest absolute Gasteiger partial charge is 0.491 e. The Morgan fingerprint density at radius 1 is 1.33 bits per heavy atom. The van der Waals surface area contributed by atoms with E-state index < -0.39 is 33.7 Å². The molecule has 4 rings (SSSR count). The molecule has 2 aromatic heterocycles. The maximum absolute atomic E-state index is 14.2. The number of H-pyrrole nitrogens is 1. The number of halogens is 1. The third kappa shape index (κ3) is 4.22. The van der Waals surface area contributed by atoms with Gasteiger partial charge in [0.2, 0.25) is 5.37 Å². The lowest BCUT2D eigenvalue weighted by atomic mass is 10.1. The van der Waals surface area contributed by atoms with Gasteiger partial charge in [0.1, 0.15) is 5.82 Å². The Morgan fingerprint density at radius 2 is 2.06 bits per heavy atom. The number of likely N-dealkylation sites (N-methyl/N-ethyl adjacent to an activating group) is 1. The molecule has 2 atom stereocenters. The number of ether oxygens (including phenoxy) is 1. The molecule has 12 heteroatoms. The highest BCUT2D eigenvalue weighted by Crippen LogP contribution is 2.25. The van der Waals surface area contributed by atoms with Crippen molar-refractivity contribution in [2.24, 2.45) is 0 Å². The van der Waals surface area contributed by atoms with Crippen LogP contribution in [0.15, 0.2) is 41.2 Å². The van der Waals surface area contributed by atoms with E-state index in [0.717, 1.165) is 0 Å². The molecular formula is C21H20FN5O5S. The van der Waals surface area contributed by atoms with Gasteiger partial charge in [-0.3, -0.25) is 9.59 Å². The van der Waals surface area contributed by atoms with Crippen molar-refractivity contribution in [3.63, 3.8) is 0 Å². The van der Waals surface area contributed by atoms with Gasteiger partial charge in [-0.25, -0.2) is 18.3 Å². The summed E-state index contributed by atoms with van der Waals surface area (Å²) in [5.41, 5.74) is 0.586. The first-order valence-electron chi connectivity index (χ1n) is 9.96. The number of benzene rings is 2. The van der Waals surface area contributed by atoms with Crippen LogP contribution in [0.4, 0.5) is 4.39 Å². The van der Waals surface area contributed by atoms with E-state index in [0.29, 0.717) is 39.2 Å². The predicted molar refractivity (Wildman–Crippen MR) is 120 cm³/mol. The Kier molecular flexibility index (Phi) is 6.20. The van der Waals surface area contributed by atoms with Crippen molar-refractivity contribution in [2.45, 2.75) is 18.7 Å². The van der Waals surface area contributed by atoms with E-state index in [1.807, 2.05) is 0 Å². The molecule has 0 aliphatic carbocycles. The van der Waals surface area contributed by atoms with Crippen molar-refractivity contribution in [2.75, 3.05) is 13.7 Å². The minimum atomic E-state index is -2.70. The number of aromatic nitrogens is 4. The summed E-state index contributed by atoms with van der Waals surface area (Å²) in [5.74, 6) is -0.869. The minimum Gasteiger partial charge on any atom is -0.491 e. The summed E-state index contributed by atoms with van der Waals surface area (Å²) >= 11 is -2.70. The summed E-state index contributed by atoms with van der Waals surface area (Å²) in [6.45, 7) is 2.05. The second-order valence-corrected chi connectivity index (χ2v) is 8.08. The number of nitrogens with zero attached hydrogens (tertiary/aromatic N) is 3. The molecule has 2 aromatic carbocycles. The van der Waals surface area contributed by atoms with E-state index in [1.54, 1.807) is 31.2 Å². The van der Waals surface area contributed by atoms with E-state index in [4.69, 9.17) is 4.74 Å². The molecule has 33 heavy (non-hydrogen) atoms. The lowest BCUT2D eigenvalue weighted by Crippen LogP contribution is -2.40. The van der Waals surface area contributed by atoms with E-state index >= 15 is 0 Å². The zero-order valence-electron chi connectivity index (χ0n) is 17.7. The van der Waals surface area contributed by atoms with Gasteiger partial charge in [0.05, 0.1) is 35.1 Å². The number of rotatable bonds is 7. The fourth-order valence-electron chi connectivity index (χ4n) is 3.55. The van der Waals surface area contributed by atoms with Crippen LogP contribution < -0.4 is 15.6 Å². The Hall–Kier alpha value is -3.64. The van der Waals surface area contributed by atoms with Gasteiger partial charge in [-0.05, 0) is 13.0 Å². The maximum Gasteiger partial charge on any atom is 0.276 e. The third-order valence-electron chi connectivity index (χ3n) is 5.01. The Bertz CT molecular complexity index is 1450. The molecule has 4 aromatic rings. The topological polar surface area (TPSA) is 139 Å². The molecule has 0 fully saturated rings. The fraction of sp³-hybridized carbons (Fsp3) is 0.238. The van der Waals surface area contributed by atoms with Gasteiger partial charge in [-0.1, -0.05) is 18.2 Å². The summed E-state index contributed by atoms with van der Waals surface area (Å²) in [5, 5.41) is 5.52. The van der Waals surface area contributed by atoms with Crippen molar-refractivity contribution in [1.82, 2.24) is 25.1 Å². The van der Waals surface area contributed by atoms with E-state index in [1.165, 1.54) is 19.2 Å². The first kappa shape index (κ1) is 22.6. The first-order chi connectivity index (χ1) is 15.8. The first-order valence-corrected chi connectivity index (χ1v) is 11.1. The van der Waals surface area contributed by atoms with E-state index in [-0.39, 0.29) is 17.6 Å². The second kappa shape index (κ2) is 9.08. The van der Waals surface area contributed by atoms with Gasteiger partial charge in [-0.15, -0.1) is 0 Å². The molecule has 10 nitrogen and oxygen atoms in total. The number of carbonyl (C=O) groups is 1. The number of aromatic amines is 1. The maximum atomic E-state index is 14.2. The van der Waals surface area contributed by atoms with Crippen molar-refractivity contribution in [3.05, 3.63) is 64.1 Å². The molecule has 172 valence electrons. The summed E-state index contributed by atoms with van der Waals surface area (Å²) in [4.78, 5) is 32.7. The number of nitrogens with one attached hydrogen (secondary N) is 2. The minimum absolute atomic E-state index is 0.0824. The van der Waals surface area contributed by atoms with E-state index in [2.05, 4.69) is 20.4 Å². The molecule has 2 unspecified atom stereocenters. The average molecular weight is 473 g/mol. The number of hydrogen-bond donors (Lipinski definition) is 3. The molecule has 0 spiro atoms. The SMILES string of the molecule is CCOc1cc2nc(Cc3nn(C(C(=O)NC)S(=O)O)c(=O)c4ccccc34)[nH]c2cc1F. The molecule has 0 aliphatic heterocycles. The van der Waals surface area contributed by atoms with Crippen molar-refractivity contribution < 1.29 is 22.7 Å². The molecule has 1 amide bonds. The van der Waals surface area contributed by atoms with Crippen LogP contribution in [0.1, 0.15) is 23.8 Å². The number of fused-ring (bicyclic) bond motifs is 2. The van der Waals surface area contributed by atoms with Gasteiger partial charge in [0.25, 0.3) is 11.5 Å². The summed E-state index contributed by atoms with van der Waals surface area (Å²) in [7, 11) is 1.29. The van der Waals surface area contributed by atoms with Crippen LogP contribution in [0.25, 0.3) is 21.8 Å². The standard InChI is InChI=1S/C21H20FN5O5S/c1-3-32-17-9-16-15(8-13(17)22)24-18(25-16)10-14-11-6-4-5-7-12(11)20(29)27(26-14)21(33(30)31)19(28)23-2/h4-9,21H,3,10H2,1-2H3,(H,23,28)(H,24,25)(H,30,31). The van der Waals surface area contributed by atoms with Gasteiger partial charge < -0.3 is 19.6 Å². The molecular weight excluding hydrogens is 453 g/mol. The quantitative estimate of drug-likeness (QED) is 0.348. The highest BCUT2D eigenvalue weighted by atomic mass is 32.2. The van der Waals surface area contributed by atoms with Crippen molar-refractivity contribution in [3.8, 4) is 5.75 Å². The van der Waals surface area contributed by atoms with Crippen molar-refractivity contribution >= 4 is 38.8 Å². The van der Waals surface area contributed by atoms with Crippen LogP contribution in [0.5, 0.6) is 5.75 Å². The number of amides is 1. The number of imidazole rings is 1. The Balaban J connectivity index is 1.85. The van der Waals surface area contributed by atoms with Gasteiger partial charge in [-0.2, -0.15) is 5.10 Å². The Labute approximate surface area is 189 Å². The molecule has 3 N–H and O–H groups in total. The number of hydrogen-bond acceptors (Lipinski definition) is 6. The van der Waals surface area contributed by atoms with Crippen LogP contribution >= 0.6 is 0 Å². The second-order valence-electron chi connectivity index (χ2n) is 7.08. The smallest absolute Gasteiger partial charge is 0.276 e. The molecule has 0 saturated heterocycles. The Morgan fingerprint density at radius 3 is 2.73 bits per heavy atom. The molecule has 2 heterocycles. The van der Waals surface area contributed by atoms with Crippen LogP contribution in [0, 0.1) is 5.82 Å². The van der Waals surface area contributed by atoms with Crippen LogP contribution in [0.2, 0.25) is 0 Å². The zero-order valence-corrected chi connectivity index (χ0v) is 18.5. The normalized spacial score (nSPS) is 13.2. The van der Waals surface area contributed by atoms with Crippen molar-refractivity contribution in [1.29, 1.82) is 0 Å². The van der Waals surface area contributed by atoms with Gasteiger partial charge in [0, 0.05) is 24.6 Å². The van der Waals surface area contributed by atoms with Gasteiger partial charge >= 0.3 is 0 Å². The molecule has 0 radical (unpaired) electrons. The van der Waals surface area contributed by atoms with E-state index in [9.17, 15) is 22.7 Å². The summed E-state index contributed by atoms with van der Waals surface area (Å²) in [6.07, 6.45) is 0.0829. The van der Waals surface area contributed by atoms with Gasteiger partial charge in [0.15, 0.2) is 22.6 Å². The van der Waals surface area contributed by atoms with Crippen LogP contribution in [-0.4, -0.2) is 48.1 Å². The molecule has 0 saturated carbocycles.